The molecule has 1 rings (SSSR count). The zero-order chi connectivity index (χ0) is 10.7. The molecular formula is C8H15N3O3. The van der Waals surface area contributed by atoms with Crippen molar-refractivity contribution in [2.24, 2.45) is 5.73 Å². The minimum atomic E-state index is -0.721. The lowest BCUT2D eigenvalue weighted by Crippen LogP contribution is -2.23. The molecule has 0 aliphatic heterocycles. The van der Waals surface area contributed by atoms with Crippen molar-refractivity contribution < 1.29 is 14.4 Å². The first kappa shape index (κ1) is 11.1. The fourth-order valence-electron chi connectivity index (χ4n) is 0.860. The summed E-state index contributed by atoms with van der Waals surface area (Å²) in [6.45, 7) is 3.36. The van der Waals surface area contributed by atoms with Gasteiger partial charge < -0.3 is 20.1 Å². The van der Waals surface area contributed by atoms with Crippen LogP contribution in [0.4, 0.5) is 0 Å². The Kier molecular flexibility index (Phi) is 3.56. The van der Waals surface area contributed by atoms with Gasteiger partial charge in [0.15, 0.2) is 5.82 Å². The van der Waals surface area contributed by atoms with Gasteiger partial charge in [-0.25, -0.2) is 0 Å². The number of nitrogens with zero attached hydrogens (tertiary/aromatic N) is 2. The number of aromatic nitrogens is 2. The van der Waals surface area contributed by atoms with Crippen LogP contribution in [0.15, 0.2) is 4.52 Å². The lowest BCUT2D eigenvalue weighted by atomic mass is 10.2. The quantitative estimate of drug-likeness (QED) is 0.720. The van der Waals surface area contributed by atoms with E-state index in [0.29, 0.717) is 5.82 Å². The minimum absolute atomic E-state index is 0.221. The predicted molar refractivity (Wildman–Crippen MR) is 48.3 cm³/mol. The van der Waals surface area contributed by atoms with Gasteiger partial charge in [-0.05, 0) is 13.8 Å². The summed E-state index contributed by atoms with van der Waals surface area (Å²) < 4.78 is 9.89. The van der Waals surface area contributed by atoms with Crippen molar-refractivity contribution in [2.45, 2.75) is 32.1 Å². The van der Waals surface area contributed by atoms with E-state index >= 15 is 0 Å². The first-order chi connectivity index (χ1) is 6.56. The van der Waals surface area contributed by atoms with Gasteiger partial charge in [-0.3, -0.25) is 0 Å². The van der Waals surface area contributed by atoms with Crippen molar-refractivity contribution in [3.8, 4) is 0 Å². The summed E-state index contributed by atoms with van der Waals surface area (Å²) in [4.78, 5) is 4.01. The number of hydrogen-bond donors (Lipinski definition) is 2. The molecule has 0 saturated heterocycles. The summed E-state index contributed by atoms with van der Waals surface area (Å²) in [5, 5.41) is 12.9. The van der Waals surface area contributed by atoms with Crippen LogP contribution in [0.5, 0.6) is 0 Å². The number of rotatable bonds is 4. The third kappa shape index (κ3) is 2.28. The molecule has 1 aromatic heterocycles. The van der Waals surface area contributed by atoms with Gasteiger partial charge in [-0.2, -0.15) is 4.98 Å². The van der Waals surface area contributed by atoms with Crippen LogP contribution in [0.3, 0.4) is 0 Å². The van der Waals surface area contributed by atoms with Crippen molar-refractivity contribution in [1.29, 1.82) is 0 Å². The van der Waals surface area contributed by atoms with Crippen LogP contribution < -0.4 is 5.73 Å². The van der Waals surface area contributed by atoms with Gasteiger partial charge in [0.05, 0.1) is 6.10 Å². The molecule has 1 aromatic rings. The molecule has 0 saturated carbocycles. The third-order valence-corrected chi connectivity index (χ3v) is 1.98. The average molecular weight is 201 g/mol. The molecule has 80 valence electrons. The van der Waals surface area contributed by atoms with E-state index in [1.54, 1.807) is 21.0 Å². The van der Waals surface area contributed by atoms with Gasteiger partial charge in [0, 0.05) is 7.11 Å². The van der Waals surface area contributed by atoms with Crippen LogP contribution in [-0.4, -0.2) is 28.5 Å². The molecule has 6 heteroatoms. The first-order valence-corrected chi connectivity index (χ1v) is 4.36. The van der Waals surface area contributed by atoms with Crippen LogP contribution in [0, 0.1) is 0 Å². The Balaban J connectivity index is 2.77. The summed E-state index contributed by atoms with van der Waals surface area (Å²) in [7, 11) is 1.55. The topological polar surface area (TPSA) is 94.4 Å². The van der Waals surface area contributed by atoms with E-state index in [0.717, 1.165) is 0 Å². The van der Waals surface area contributed by atoms with Crippen molar-refractivity contribution in [2.75, 3.05) is 7.11 Å². The summed E-state index contributed by atoms with van der Waals surface area (Å²) in [6, 6.07) is -0.652. The number of hydrogen-bond acceptors (Lipinski definition) is 6. The molecule has 0 aliphatic rings. The van der Waals surface area contributed by atoms with Crippen molar-refractivity contribution >= 4 is 0 Å². The fourth-order valence-corrected chi connectivity index (χ4v) is 0.860. The molecule has 0 spiro atoms. The van der Waals surface area contributed by atoms with Gasteiger partial charge in [0.2, 0.25) is 5.89 Å². The SMILES string of the molecule is COC(C)c1noc([C@@H](N)[C@@H](C)O)n1. The normalized spacial score (nSPS) is 17.8. The summed E-state index contributed by atoms with van der Waals surface area (Å²) in [6.07, 6.45) is -0.963. The van der Waals surface area contributed by atoms with Gasteiger partial charge in [0.1, 0.15) is 12.1 Å². The maximum atomic E-state index is 9.20. The lowest BCUT2D eigenvalue weighted by Gasteiger charge is -2.08. The van der Waals surface area contributed by atoms with E-state index in [-0.39, 0.29) is 12.0 Å². The Morgan fingerprint density at radius 3 is 2.64 bits per heavy atom. The number of ether oxygens (including phenoxy) is 1. The van der Waals surface area contributed by atoms with Crippen LogP contribution in [-0.2, 0) is 4.74 Å². The zero-order valence-electron chi connectivity index (χ0n) is 8.47. The summed E-state index contributed by atoms with van der Waals surface area (Å²) >= 11 is 0. The number of aliphatic hydroxyl groups excluding tert-OH is 1. The summed E-state index contributed by atoms with van der Waals surface area (Å²) in [5.41, 5.74) is 5.61. The second-order valence-electron chi connectivity index (χ2n) is 3.14. The van der Waals surface area contributed by atoms with Crippen molar-refractivity contribution in [1.82, 2.24) is 10.1 Å². The highest BCUT2D eigenvalue weighted by Gasteiger charge is 2.21. The summed E-state index contributed by atoms with van der Waals surface area (Å²) in [5.74, 6) is 0.650. The van der Waals surface area contributed by atoms with Crippen LogP contribution in [0.1, 0.15) is 37.7 Å². The molecule has 1 heterocycles. The molecule has 0 aromatic carbocycles. The van der Waals surface area contributed by atoms with Crippen molar-refractivity contribution in [3.63, 3.8) is 0 Å². The molecule has 1 unspecified atom stereocenters. The highest BCUT2D eigenvalue weighted by molar-refractivity contribution is 4.95. The second-order valence-corrected chi connectivity index (χ2v) is 3.14. The van der Waals surface area contributed by atoms with E-state index in [4.69, 9.17) is 15.0 Å². The standard InChI is InChI=1S/C8H15N3O3/c1-4(12)6(9)8-10-7(11-14-8)5(2)13-3/h4-6,12H,9H2,1-3H3/t4-,5?,6+/m1/s1. The molecule has 0 aliphatic carbocycles. The number of methoxy groups -OCH3 is 1. The molecule has 0 fully saturated rings. The maximum absolute atomic E-state index is 9.20. The van der Waals surface area contributed by atoms with Gasteiger partial charge in [-0.1, -0.05) is 5.16 Å². The van der Waals surface area contributed by atoms with Crippen LogP contribution in [0.25, 0.3) is 0 Å². The Morgan fingerprint density at radius 1 is 1.50 bits per heavy atom. The Labute approximate surface area is 82.1 Å². The van der Waals surface area contributed by atoms with E-state index in [1.165, 1.54) is 0 Å². The first-order valence-electron chi connectivity index (χ1n) is 4.36. The largest absolute Gasteiger partial charge is 0.391 e. The van der Waals surface area contributed by atoms with Crippen LogP contribution in [0.2, 0.25) is 0 Å². The number of nitrogens with two attached hydrogens (primary N) is 1. The molecular weight excluding hydrogens is 186 g/mol. The highest BCUT2D eigenvalue weighted by atomic mass is 16.5. The molecule has 3 N–H and O–H groups in total. The van der Waals surface area contributed by atoms with Crippen LogP contribution >= 0.6 is 0 Å². The van der Waals surface area contributed by atoms with Gasteiger partial charge in [0.25, 0.3) is 0 Å². The lowest BCUT2D eigenvalue weighted by molar-refractivity contribution is 0.109. The molecule has 0 bridgehead atoms. The molecule has 14 heavy (non-hydrogen) atoms. The fraction of sp³-hybridized carbons (Fsp3) is 0.750. The average Bonchev–Trinajstić information content (AvgIpc) is 2.64. The smallest absolute Gasteiger partial charge is 0.246 e. The molecule has 0 amide bonds. The van der Waals surface area contributed by atoms with Gasteiger partial charge in [-0.15, -0.1) is 0 Å². The Morgan fingerprint density at radius 2 is 2.14 bits per heavy atom. The molecule has 3 atom stereocenters. The zero-order valence-corrected chi connectivity index (χ0v) is 8.47. The maximum Gasteiger partial charge on any atom is 0.246 e. The van der Waals surface area contributed by atoms with E-state index in [1.807, 2.05) is 0 Å². The van der Waals surface area contributed by atoms with Gasteiger partial charge >= 0.3 is 0 Å². The highest BCUT2D eigenvalue weighted by Crippen LogP contribution is 2.16. The van der Waals surface area contributed by atoms with E-state index in [2.05, 4.69) is 10.1 Å². The molecule has 0 radical (unpaired) electrons. The number of aliphatic hydroxyl groups is 1. The molecule has 6 nitrogen and oxygen atoms in total. The van der Waals surface area contributed by atoms with Crippen molar-refractivity contribution in [3.05, 3.63) is 11.7 Å². The predicted octanol–water partition coefficient (Wildman–Crippen LogP) is 0.158. The second kappa shape index (κ2) is 4.50. The minimum Gasteiger partial charge on any atom is -0.391 e. The van der Waals surface area contributed by atoms with E-state index < -0.39 is 12.1 Å². The van der Waals surface area contributed by atoms with E-state index in [9.17, 15) is 5.11 Å². The monoisotopic (exact) mass is 201 g/mol. The Bertz CT molecular complexity index is 287. The Hall–Kier alpha value is -0.980. The third-order valence-electron chi connectivity index (χ3n) is 1.98.